The van der Waals surface area contributed by atoms with Crippen LogP contribution in [-0.4, -0.2) is 21.9 Å². The summed E-state index contributed by atoms with van der Waals surface area (Å²) in [5, 5.41) is 21.2. The molecule has 2 aromatic rings. The topological polar surface area (TPSA) is 91.8 Å². The number of amides is 1. The van der Waals surface area contributed by atoms with Crippen molar-refractivity contribution in [2.45, 2.75) is 50.7 Å². The Balaban J connectivity index is 1.60. The minimum absolute atomic E-state index is 0.162. The molecule has 1 aliphatic carbocycles. The molecule has 0 spiro atoms. The molecule has 0 aliphatic heterocycles. The number of thioether (sulfide) groups is 1. The maximum absolute atomic E-state index is 12.2. The highest BCUT2D eigenvalue weighted by Gasteiger charge is 2.22. The average molecular weight is 362 g/mol. The molecule has 6 nitrogen and oxygen atoms in total. The lowest BCUT2D eigenvalue weighted by Crippen LogP contribution is -2.14. The first-order valence-electron chi connectivity index (χ1n) is 8.01. The number of rotatable bonds is 6. The van der Waals surface area contributed by atoms with Gasteiger partial charge in [0.05, 0.1) is 11.3 Å². The van der Waals surface area contributed by atoms with E-state index in [1.54, 1.807) is 0 Å². The van der Waals surface area contributed by atoms with Gasteiger partial charge in [0, 0.05) is 11.3 Å². The van der Waals surface area contributed by atoms with Crippen LogP contribution in [0.4, 0.5) is 5.00 Å². The molecule has 1 N–H and O–H groups in total. The van der Waals surface area contributed by atoms with E-state index >= 15 is 0 Å². The molecule has 0 atom stereocenters. The molecule has 1 aliphatic rings. The fourth-order valence-corrected chi connectivity index (χ4v) is 4.51. The van der Waals surface area contributed by atoms with Gasteiger partial charge in [0.1, 0.15) is 11.1 Å². The summed E-state index contributed by atoms with van der Waals surface area (Å²) in [4.78, 5) is 13.4. The van der Waals surface area contributed by atoms with E-state index in [1.807, 2.05) is 6.92 Å². The number of anilines is 1. The first kappa shape index (κ1) is 17.0. The molecule has 24 heavy (non-hydrogen) atoms. The summed E-state index contributed by atoms with van der Waals surface area (Å²) in [6, 6.07) is 2.25. The second-order valence-electron chi connectivity index (χ2n) is 5.58. The van der Waals surface area contributed by atoms with Crippen LogP contribution in [0.2, 0.25) is 0 Å². The second-order valence-corrected chi connectivity index (χ2v) is 7.61. The number of thiophene rings is 1. The summed E-state index contributed by atoms with van der Waals surface area (Å²) in [6.45, 7) is 2.04. The molecule has 0 fully saturated rings. The van der Waals surface area contributed by atoms with Crippen LogP contribution in [0.25, 0.3) is 0 Å². The highest BCUT2D eigenvalue weighted by Crippen LogP contribution is 2.37. The standard InChI is InChI=1S/C16H18N4O2S2/c1-2-5-14-19-20-16(22-14)23-9-13(21)18-15-11(8-17)10-6-3-4-7-12(10)24-15/h2-7,9H2,1H3,(H,18,21). The Labute approximate surface area is 148 Å². The van der Waals surface area contributed by atoms with Gasteiger partial charge in [-0.05, 0) is 37.7 Å². The Morgan fingerprint density at radius 1 is 1.42 bits per heavy atom. The number of nitrogens with one attached hydrogen (secondary N) is 1. The van der Waals surface area contributed by atoms with Gasteiger partial charge in [-0.15, -0.1) is 21.5 Å². The van der Waals surface area contributed by atoms with Crippen LogP contribution < -0.4 is 5.32 Å². The minimum Gasteiger partial charge on any atom is -0.416 e. The molecule has 0 bridgehead atoms. The third-order valence-corrected chi connectivity index (χ3v) is 5.80. The van der Waals surface area contributed by atoms with Gasteiger partial charge in [0.15, 0.2) is 0 Å². The number of carbonyl (C=O) groups is 1. The van der Waals surface area contributed by atoms with Crippen LogP contribution in [0.1, 0.15) is 48.1 Å². The zero-order valence-corrected chi connectivity index (χ0v) is 15.1. The normalized spacial score (nSPS) is 13.3. The van der Waals surface area contributed by atoms with E-state index in [0.29, 0.717) is 21.7 Å². The van der Waals surface area contributed by atoms with Gasteiger partial charge in [-0.25, -0.2) is 0 Å². The van der Waals surface area contributed by atoms with E-state index in [0.717, 1.165) is 44.1 Å². The quantitative estimate of drug-likeness (QED) is 0.790. The van der Waals surface area contributed by atoms with Crippen molar-refractivity contribution in [1.29, 1.82) is 5.26 Å². The third kappa shape index (κ3) is 3.79. The van der Waals surface area contributed by atoms with Crippen molar-refractivity contribution in [2.24, 2.45) is 0 Å². The summed E-state index contributed by atoms with van der Waals surface area (Å²) >= 11 is 2.74. The van der Waals surface area contributed by atoms with E-state index < -0.39 is 0 Å². The second kappa shape index (κ2) is 7.81. The van der Waals surface area contributed by atoms with Gasteiger partial charge in [-0.3, -0.25) is 4.79 Å². The first-order valence-corrected chi connectivity index (χ1v) is 9.81. The summed E-state index contributed by atoms with van der Waals surface area (Å²) < 4.78 is 5.45. The monoisotopic (exact) mass is 362 g/mol. The summed E-state index contributed by atoms with van der Waals surface area (Å²) in [6.07, 6.45) is 5.87. The Kier molecular flexibility index (Phi) is 5.53. The van der Waals surface area contributed by atoms with Gasteiger partial charge in [0.2, 0.25) is 11.8 Å². The summed E-state index contributed by atoms with van der Waals surface area (Å²) in [5.41, 5.74) is 1.76. The zero-order chi connectivity index (χ0) is 16.9. The number of nitriles is 1. The third-order valence-electron chi connectivity index (χ3n) is 3.77. The van der Waals surface area contributed by atoms with Crippen LogP contribution in [0, 0.1) is 11.3 Å². The van der Waals surface area contributed by atoms with E-state index in [9.17, 15) is 10.1 Å². The Hall–Kier alpha value is -1.85. The van der Waals surface area contributed by atoms with Gasteiger partial charge >= 0.3 is 0 Å². The van der Waals surface area contributed by atoms with Crippen molar-refractivity contribution in [3.05, 3.63) is 21.9 Å². The molecule has 126 valence electrons. The van der Waals surface area contributed by atoms with Gasteiger partial charge in [-0.1, -0.05) is 18.7 Å². The molecule has 2 heterocycles. The van der Waals surface area contributed by atoms with Crippen LogP contribution >= 0.6 is 23.1 Å². The van der Waals surface area contributed by atoms with Crippen LogP contribution in [0.3, 0.4) is 0 Å². The lowest BCUT2D eigenvalue weighted by molar-refractivity contribution is -0.113. The highest BCUT2D eigenvalue weighted by molar-refractivity contribution is 7.99. The van der Waals surface area contributed by atoms with Gasteiger partial charge in [0.25, 0.3) is 5.22 Å². The maximum atomic E-state index is 12.2. The number of nitrogens with zero attached hydrogens (tertiary/aromatic N) is 3. The van der Waals surface area contributed by atoms with Crippen molar-refractivity contribution in [3.8, 4) is 6.07 Å². The number of hydrogen-bond acceptors (Lipinski definition) is 7. The first-order chi connectivity index (χ1) is 11.7. The summed E-state index contributed by atoms with van der Waals surface area (Å²) in [7, 11) is 0. The molecular weight excluding hydrogens is 344 g/mol. The zero-order valence-electron chi connectivity index (χ0n) is 13.4. The number of fused-ring (bicyclic) bond motifs is 1. The van der Waals surface area contributed by atoms with E-state index in [-0.39, 0.29) is 11.7 Å². The van der Waals surface area contributed by atoms with E-state index in [2.05, 4.69) is 21.6 Å². The summed E-state index contributed by atoms with van der Waals surface area (Å²) in [5.74, 6) is 0.615. The molecule has 8 heteroatoms. The molecule has 0 unspecified atom stereocenters. The molecule has 0 radical (unpaired) electrons. The Morgan fingerprint density at radius 2 is 2.25 bits per heavy atom. The molecular formula is C16H18N4O2S2. The lowest BCUT2D eigenvalue weighted by atomic mass is 9.96. The fraction of sp³-hybridized carbons (Fsp3) is 0.500. The predicted octanol–water partition coefficient (Wildman–Crippen LogP) is 3.56. The smallest absolute Gasteiger partial charge is 0.277 e. The van der Waals surface area contributed by atoms with Gasteiger partial charge in [-0.2, -0.15) is 5.26 Å². The fourth-order valence-electron chi connectivity index (χ4n) is 2.67. The van der Waals surface area contributed by atoms with Crippen LogP contribution in [-0.2, 0) is 24.1 Å². The van der Waals surface area contributed by atoms with Crippen molar-refractivity contribution < 1.29 is 9.21 Å². The van der Waals surface area contributed by atoms with Crippen molar-refractivity contribution >= 4 is 34.0 Å². The van der Waals surface area contributed by atoms with E-state index in [1.165, 1.54) is 28.0 Å². The van der Waals surface area contributed by atoms with Crippen LogP contribution in [0.15, 0.2) is 9.64 Å². The molecule has 0 saturated carbocycles. The number of aryl methyl sites for hydroxylation is 2. The largest absolute Gasteiger partial charge is 0.416 e. The van der Waals surface area contributed by atoms with Crippen LogP contribution in [0.5, 0.6) is 0 Å². The lowest BCUT2D eigenvalue weighted by Gasteiger charge is -2.09. The van der Waals surface area contributed by atoms with Crippen molar-refractivity contribution in [1.82, 2.24) is 10.2 Å². The number of carbonyl (C=O) groups excluding carboxylic acids is 1. The molecule has 3 rings (SSSR count). The SMILES string of the molecule is CCCc1nnc(SCC(=O)Nc2sc3c(c2C#N)CCCC3)o1. The maximum Gasteiger partial charge on any atom is 0.277 e. The average Bonchev–Trinajstić information content (AvgIpc) is 3.17. The van der Waals surface area contributed by atoms with Gasteiger partial charge < -0.3 is 9.73 Å². The Morgan fingerprint density at radius 3 is 3.04 bits per heavy atom. The number of aromatic nitrogens is 2. The van der Waals surface area contributed by atoms with Crippen molar-refractivity contribution in [2.75, 3.05) is 11.1 Å². The minimum atomic E-state index is -0.162. The van der Waals surface area contributed by atoms with E-state index in [4.69, 9.17) is 4.42 Å². The molecule has 0 saturated heterocycles. The molecule has 0 aromatic carbocycles. The number of hydrogen-bond donors (Lipinski definition) is 1. The highest BCUT2D eigenvalue weighted by atomic mass is 32.2. The Bertz CT molecular complexity index is 776. The van der Waals surface area contributed by atoms with Crippen molar-refractivity contribution in [3.63, 3.8) is 0 Å². The predicted molar refractivity (Wildman–Crippen MR) is 93.3 cm³/mol. The molecule has 2 aromatic heterocycles. The molecule has 1 amide bonds.